The summed E-state index contributed by atoms with van der Waals surface area (Å²) in [5, 5.41) is 14.9. The van der Waals surface area contributed by atoms with Crippen LogP contribution in [-0.4, -0.2) is 15.9 Å². The van der Waals surface area contributed by atoms with Crippen molar-refractivity contribution in [3.8, 4) is 22.4 Å². The molecule has 0 bridgehead atoms. The van der Waals surface area contributed by atoms with Crippen LogP contribution < -0.4 is 0 Å². The first-order valence-electron chi connectivity index (χ1n) is 20.2. The number of carbonyl (C=O) groups is 1. The van der Waals surface area contributed by atoms with Crippen LogP contribution in [0, 0.1) is 36.7 Å². The summed E-state index contributed by atoms with van der Waals surface area (Å²) < 4.78 is 6.29. The number of hydrogen-bond donors (Lipinski definition) is 1. The molecule has 0 unspecified atom stereocenters. The average Bonchev–Trinajstić information content (AvgIpc) is 3.70. The number of fused-ring (bicyclic) bond motifs is 3. The largest absolute Gasteiger partial charge is 0.512 e. The minimum absolute atomic E-state index is 0. The SMILES string of the molecule is CCC(C)(CC)C(=O)/C=C(\O)C(C)(CC)CC.Cc1sc2nc(-c3[c-]c4ccccc4c(C(C)(C)C)c3)cc(-c3ccc4cc(CC(C)C)oc4c3)c2c1C.[Ir]. The van der Waals surface area contributed by atoms with Gasteiger partial charge in [-0.2, -0.15) is 0 Å². The molecule has 3 aromatic carbocycles. The van der Waals surface area contributed by atoms with Gasteiger partial charge in [-0.05, 0) is 79.7 Å². The van der Waals surface area contributed by atoms with E-state index in [1.165, 1.54) is 38.4 Å². The Bertz CT molecular complexity index is 2340. The third-order valence-electron chi connectivity index (χ3n) is 12.1. The van der Waals surface area contributed by atoms with Gasteiger partial charge in [-0.25, -0.2) is 0 Å². The predicted octanol–water partition coefficient (Wildman–Crippen LogP) is 15.1. The summed E-state index contributed by atoms with van der Waals surface area (Å²) in [4.78, 5) is 19.8. The zero-order chi connectivity index (χ0) is 40.5. The fraction of sp³-hybridized carbons (Fsp3) is 0.440. The fourth-order valence-corrected chi connectivity index (χ4v) is 8.20. The molecule has 0 atom stereocenters. The van der Waals surface area contributed by atoms with E-state index in [2.05, 4.69) is 115 Å². The minimum Gasteiger partial charge on any atom is -0.512 e. The Kier molecular flexibility index (Phi) is 14.4. The number of thiophene rings is 1. The summed E-state index contributed by atoms with van der Waals surface area (Å²) in [6.45, 7) is 27.8. The summed E-state index contributed by atoms with van der Waals surface area (Å²) in [6, 6.07) is 25.6. The van der Waals surface area contributed by atoms with Crippen LogP contribution in [0.1, 0.15) is 124 Å². The van der Waals surface area contributed by atoms with Crippen molar-refractivity contribution in [3.63, 3.8) is 0 Å². The number of allylic oxidation sites excluding steroid dienone is 2. The van der Waals surface area contributed by atoms with Crippen molar-refractivity contribution in [2.75, 3.05) is 0 Å². The smallest absolute Gasteiger partial charge is 0.164 e. The zero-order valence-electron chi connectivity index (χ0n) is 35.9. The Hall–Kier alpha value is -3.57. The molecule has 0 fully saturated rings. The number of hydrogen-bond acceptors (Lipinski definition) is 5. The van der Waals surface area contributed by atoms with Crippen molar-refractivity contribution in [3.05, 3.63) is 100 Å². The standard InChI is InChI=1S/C35H34NOS.C15H28O2.Ir/c1-20(2)14-27-16-25-13-12-24(18-32(25)37-27)29-19-31(36-34-33(29)21(3)22(4)38-34)26-15-23-10-8-9-11-28(23)30(17-26)35(5,6)7;1-7-14(5,8-2)12(16)11-13(17)15(6,9-3)10-4;/h8-13,16-20H,14H2,1-7H3;11,16H,7-10H2,1-6H3;/q-1;;/b;12-11-;. The van der Waals surface area contributed by atoms with Crippen LogP contribution in [0.5, 0.6) is 0 Å². The van der Waals surface area contributed by atoms with Crippen LogP contribution >= 0.6 is 11.3 Å². The van der Waals surface area contributed by atoms with Crippen LogP contribution in [0.2, 0.25) is 0 Å². The Labute approximate surface area is 353 Å². The molecule has 6 aromatic rings. The van der Waals surface area contributed by atoms with Crippen molar-refractivity contribution >= 4 is 49.1 Å². The van der Waals surface area contributed by atoms with E-state index in [1.54, 1.807) is 11.3 Å². The normalized spacial score (nSPS) is 12.6. The second kappa shape index (κ2) is 17.9. The van der Waals surface area contributed by atoms with Crippen molar-refractivity contribution in [1.82, 2.24) is 4.98 Å². The molecule has 0 amide bonds. The number of aromatic nitrogens is 1. The van der Waals surface area contributed by atoms with E-state index in [0.29, 0.717) is 5.92 Å². The number of nitrogens with zero attached hydrogens (tertiary/aromatic N) is 1. The fourth-order valence-electron chi connectivity index (χ4n) is 7.15. The number of benzene rings is 3. The van der Waals surface area contributed by atoms with E-state index in [1.807, 2.05) is 41.5 Å². The molecule has 0 aliphatic heterocycles. The molecule has 0 aliphatic carbocycles. The van der Waals surface area contributed by atoms with Crippen molar-refractivity contribution < 1.29 is 34.4 Å². The number of rotatable bonds is 11. The molecule has 0 spiro atoms. The second-order valence-corrected chi connectivity index (χ2v) is 18.6. The number of furan rings is 1. The third-order valence-corrected chi connectivity index (χ3v) is 13.2. The molecule has 4 nitrogen and oxygen atoms in total. The molecule has 1 radical (unpaired) electrons. The Morgan fingerprint density at radius 1 is 0.893 bits per heavy atom. The minimum atomic E-state index is -0.337. The molecular formula is C50H62IrNO3S-. The van der Waals surface area contributed by atoms with Gasteiger partial charge in [0.15, 0.2) is 5.78 Å². The van der Waals surface area contributed by atoms with Gasteiger partial charge in [0.1, 0.15) is 21.9 Å². The van der Waals surface area contributed by atoms with Crippen LogP contribution in [-0.2, 0) is 36.7 Å². The van der Waals surface area contributed by atoms with E-state index in [4.69, 9.17) is 9.40 Å². The van der Waals surface area contributed by atoms with Gasteiger partial charge in [-0.1, -0.05) is 124 Å². The molecule has 6 heteroatoms. The molecule has 3 aromatic heterocycles. The number of aliphatic hydroxyl groups is 1. The Morgan fingerprint density at radius 2 is 1.54 bits per heavy atom. The molecule has 0 aliphatic rings. The van der Waals surface area contributed by atoms with Crippen molar-refractivity contribution in [2.45, 2.75) is 128 Å². The molecular weight excluding hydrogens is 887 g/mol. The molecule has 0 saturated carbocycles. The summed E-state index contributed by atoms with van der Waals surface area (Å²) in [7, 11) is 0. The third kappa shape index (κ3) is 9.41. The van der Waals surface area contributed by atoms with Crippen LogP contribution in [0.15, 0.2) is 76.9 Å². The topological polar surface area (TPSA) is 63.3 Å². The van der Waals surface area contributed by atoms with Gasteiger partial charge in [0.25, 0.3) is 0 Å². The number of ketones is 1. The molecule has 6 rings (SSSR count). The van der Waals surface area contributed by atoms with E-state index < -0.39 is 0 Å². The summed E-state index contributed by atoms with van der Waals surface area (Å²) >= 11 is 1.78. The van der Waals surface area contributed by atoms with Gasteiger partial charge >= 0.3 is 0 Å². The van der Waals surface area contributed by atoms with Crippen LogP contribution in [0.3, 0.4) is 0 Å². The van der Waals surface area contributed by atoms with Crippen LogP contribution in [0.4, 0.5) is 0 Å². The number of aryl methyl sites for hydroxylation is 2. The second-order valence-electron chi connectivity index (χ2n) is 17.4. The van der Waals surface area contributed by atoms with Gasteiger partial charge in [-0.3, -0.25) is 9.78 Å². The Balaban J connectivity index is 0.000000330. The summed E-state index contributed by atoms with van der Waals surface area (Å²) in [6.07, 6.45) is 5.70. The van der Waals surface area contributed by atoms with Gasteiger partial charge < -0.3 is 9.52 Å². The van der Waals surface area contributed by atoms with Gasteiger partial charge in [0, 0.05) is 64.8 Å². The first-order valence-corrected chi connectivity index (χ1v) is 21.0. The maximum Gasteiger partial charge on any atom is 0.164 e. The van der Waals surface area contributed by atoms with Crippen LogP contribution in [0.25, 0.3) is 54.3 Å². The molecule has 301 valence electrons. The number of carbonyl (C=O) groups excluding carboxylic acids is 1. The maximum absolute atomic E-state index is 12.2. The van der Waals surface area contributed by atoms with E-state index in [0.717, 1.165) is 75.9 Å². The zero-order valence-corrected chi connectivity index (χ0v) is 39.1. The van der Waals surface area contributed by atoms with Gasteiger partial charge in [0.2, 0.25) is 0 Å². The maximum atomic E-state index is 12.2. The summed E-state index contributed by atoms with van der Waals surface area (Å²) in [5.74, 6) is 1.90. The molecule has 1 N–H and O–H groups in total. The monoisotopic (exact) mass is 949 g/mol. The van der Waals surface area contributed by atoms with Crippen molar-refractivity contribution in [1.29, 1.82) is 0 Å². The Morgan fingerprint density at radius 3 is 2.14 bits per heavy atom. The molecule has 56 heavy (non-hydrogen) atoms. The van der Waals surface area contributed by atoms with Crippen molar-refractivity contribution in [2.24, 2.45) is 16.7 Å². The first kappa shape index (κ1) is 45.1. The first-order chi connectivity index (χ1) is 25.9. The quantitative estimate of drug-likeness (QED) is 0.0798. The average molecular weight is 949 g/mol. The van der Waals surface area contributed by atoms with E-state index in [9.17, 15) is 9.90 Å². The van der Waals surface area contributed by atoms with Gasteiger partial charge in [-0.15, -0.1) is 40.5 Å². The summed E-state index contributed by atoms with van der Waals surface area (Å²) in [5.41, 5.74) is 7.34. The molecule has 3 heterocycles. The molecule has 0 saturated heterocycles. The van der Waals surface area contributed by atoms with Gasteiger partial charge in [0.05, 0.1) is 0 Å². The number of aliphatic hydroxyl groups excluding tert-OH is 1. The van der Waals surface area contributed by atoms with E-state index in [-0.39, 0.29) is 47.9 Å². The van der Waals surface area contributed by atoms with E-state index >= 15 is 0 Å². The number of pyridine rings is 1. The predicted molar refractivity (Wildman–Crippen MR) is 236 cm³/mol.